The lowest BCUT2D eigenvalue weighted by atomic mass is 10.1. The lowest BCUT2D eigenvalue weighted by Gasteiger charge is -2.23. The van der Waals surface area contributed by atoms with E-state index in [9.17, 15) is 9.18 Å². The minimum atomic E-state index is -0.374. The van der Waals surface area contributed by atoms with Crippen LogP contribution in [0.1, 0.15) is 31.4 Å². The lowest BCUT2D eigenvalue weighted by Crippen LogP contribution is -2.41. The molecule has 1 aromatic carbocycles. The summed E-state index contributed by atoms with van der Waals surface area (Å²) >= 11 is 0. The van der Waals surface area contributed by atoms with Gasteiger partial charge in [-0.15, -0.1) is 0 Å². The van der Waals surface area contributed by atoms with Gasteiger partial charge in [0, 0.05) is 30.9 Å². The van der Waals surface area contributed by atoms with Crippen molar-refractivity contribution in [3.63, 3.8) is 0 Å². The van der Waals surface area contributed by atoms with Gasteiger partial charge >= 0.3 is 0 Å². The zero-order valence-electron chi connectivity index (χ0n) is 12.1. The highest BCUT2D eigenvalue weighted by Crippen LogP contribution is 2.24. The van der Waals surface area contributed by atoms with Crippen LogP contribution in [-0.2, 0) is 9.53 Å². The summed E-state index contributed by atoms with van der Waals surface area (Å²) in [6.07, 6.45) is 1.63. The van der Waals surface area contributed by atoms with Gasteiger partial charge in [-0.25, -0.2) is 4.39 Å². The molecule has 6 heteroatoms. The summed E-state index contributed by atoms with van der Waals surface area (Å²) in [4.78, 5) is 11.9. The summed E-state index contributed by atoms with van der Waals surface area (Å²) in [6, 6.07) is 3.88. The first-order chi connectivity index (χ1) is 10.1. The first kappa shape index (κ1) is 15.7. The third kappa shape index (κ3) is 4.68. The standard InChI is InChI=1S/C15H21FN2O3/c1-10(17)13-8-11(16)2-3-14(13)21-9-15(19)18-12-4-6-20-7-5-12/h2-3,8,10,12H,4-7,9,17H2,1H3,(H,18,19)/t10-/m1/s1. The zero-order valence-corrected chi connectivity index (χ0v) is 12.1. The fraction of sp³-hybridized carbons (Fsp3) is 0.533. The molecule has 1 heterocycles. The van der Waals surface area contributed by atoms with Crippen LogP contribution < -0.4 is 15.8 Å². The Kier molecular flexibility index (Phi) is 5.52. The minimum absolute atomic E-state index is 0.108. The maximum atomic E-state index is 13.2. The van der Waals surface area contributed by atoms with E-state index in [0.717, 1.165) is 12.8 Å². The molecule has 0 spiro atoms. The van der Waals surface area contributed by atoms with E-state index in [1.54, 1.807) is 6.92 Å². The van der Waals surface area contributed by atoms with Crippen LogP contribution in [0.5, 0.6) is 5.75 Å². The quantitative estimate of drug-likeness (QED) is 0.864. The van der Waals surface area contributed by atoms with Crippen molar-refractivity contribution in [2.45, 2.75) is 31.8 Å². The maximum absolute atomic E-state index is 13.2. The highest BCUT2D eigenvalue weighted by atomic mass is 19.1. The molecule has 0 aromatic heterocycles. The number of hydrogen-bond donors (Lipinski definition) is 2. The topological polar surface area (TPSA) is 73.6 Å². The summed E-state index contributed by atoms with van der Waals surface area (Å²) in [5, 5.41) is 2.90. The van der Waals surface area contributed by atoms with E-state index in [1.807, 2.05) is 0 Å². The number of nitrogens with two attached hydrogens (primary N) is 1. The van der Waals surface area contributed by atoms with E-state index in [2.05, 4.69) is 5.32 Å². The molecule has 1 saturated heterocycles. The first-order valence-corrected chi connectivity index (χ1v) is 7.11. The van der Waals surface area contributed by atoms with E-state index in [4.69, 9.17) is 15.2 Å². The zero-order chi connectivity index (χ0) is 15.2. The Morgan fingerprint density at radius 3 is 2.90 bits per heavy atom. The summed E-state index contributed by atoms with van der Waals surface area (Å²) in [5.41, 5.74) is 6.33. The molecule has 1 aliphatic heterocycles. The normalized spacial score (nSPS) is 17.3. The van der Waals surface area contributed by atoms with Crippen LogP contribution in [0, 0.1) is 5.82 Å². The third-order valence-electron chi connectivity index (χ3n) is 3.41. The monoisotopic (exact) mass is 296 g/mol. The van der Waals surface area contributed by atoms with Crippen molar-refractivity contribution in [1.29, 1.82) is 0 Å². The number of carbonyl (C=O) groups excluding carboxylic acids is 1. The Hall–Kier alpha value is -1.66. The van der Waals surface area contributed by atoms with Crippen molar-refractivity contribution in [3.8, 4) is 5.75 Å². The smallest absolute Gasteiger partial charge is 0.258 e. The Balaban J connectivity index is 1.88. The summed E-state index contributed by atoms with van der Waals surface area (Å²) in [5.74, 6) is -0.128. The van der Waals surface area contributed by atoms with Gasteiger partial charge in [0.05, 0.1) is 0 Å². The molecule has 116 valence electrons. The lowest BCUT2D eigenvalue weighted by molar-refractivity contribution is -0.124. The Bertz CT molecular complexity index is 488. The largest absolute Gasteiger partial charge is 0.483 e. The average molecular weight is 296 g/mol. The van der Waals surface area contributed by atoms with Gasteiger partial charge in [0.25, 0.3) is 5.91 Å². The van der Waals surface area contributed by atoms with Crippen molar-refractivity contribution in [2.24, 2.45) is 5.73 Å². The number of ether oxygens (including phenoxy) is 2. The molecule has 2 rings (SSSR count). The van der Waals surface area contributed by atoms with Crippen molar-refractivity contribution >= 4 is 5.91 Å². The molecular weight excluding hydrogens is 275 g/mol. The molecule has 3 N–H and O–H groups in total. The second-order valence-corrected chi connectivity index (χ2v) is 5.21. The molecule has 0 bridgehead atoms. The molecule has 5 nitrogen and oxygen atoms in total. The number of carbonyl (C=O) groups is 1. The van der Waals surface area contributed by atoms with Gasteiger partial charge in [-0.05, 0) is 38.0 Å². The molecule has 1 atom stereocenters. The average Bonchev–Trinajstić information content (AvgIpc) is 2.47. The molecule has 1 fully saturated rings. The molecule has 1 aromatic rings. The second kappa shape index (κ2) is 7.38. The minimum Gasteiger partial charge on any atom is -0.483 e. The van der Waals surface area contributed by atoms with E-state index >= 15 is 0 Å². The predicted molar refractivity (Wildman–Crippen MR) is 76.5 cm³/mol. The summed E-state index contributed by atoms with van der Waals surface area (Å²) in [7, 11) is 0. The molecular formula is C15H21FN2O3. The molecule has 0 radical (unpaired) electrons. The maximum Gasteiger partial charge on any atom is 0.258 e. The van der Waals surface area contributed by atoms with Gasteiger partial charge in [-0.1, -0.05) is 0 Å². The SMILES string of the molecule is C[C@@H](N)c1cc(F)ccc1OCC(=O)NC1CCOCC1. The van der Waals surface area contributed by atoms with Gasteiger partial charge in [0.2, 0.25) is 0 Å². The predicted octanol–water partition coefficient (Wildman–Crippen LogP) is 1.52. The van der Waals surface area contributed by atoms with Crippen LogP contribution in [0.25, 0.3) is 0 Å². The fourth-order valence-corrected chi connectivity index (χ4v) is 2.26. The van der Waals surface area contributed by atoms with Gasteiger partial charge in [-0.3, -0.25) is 4.79 Å². The van der Waals surface area contributed by atoms with Crippen LogP contribution in [0.15, 0.2) is 18.2 Å². The van der Waals surface area contributed by atoms with Crippen LogP contribution in [0.2, 0.25) is 0 Å². The van der Waals surface area contributed by atoms with Crippen LogP contribution >= 0.6 is 0 Å². The second-order valence-electron chi connectivity index (χ2n) is 5.21. The third-order valence-corrected chi connectivity index (χ3v) is 3.41. The Labute approximate surface area is 123 Å². The number of amides is 1. The summed E-state index contributed by atoms with van der Waals surface area (Å²) < 4.78 is 23.9. The fourth-order valence-electron chi connectivity index (χ4n) is 2.26. The van der Waals surface area contributed by atoms with Crippen molar-refractivity contribution in [2.75, 3.05) is 19.8 Å². The van der Waals surface area contributed by atoms with Crippen LogP contribution in [0.3, 0.4) is 0 Å². The van der Waals surface area contributed by atoms with Crippen molar-refractivity contribution in [1.82, 2.24) is 5.32 Å². The number of hydrogen-bond acceptors (Lipinski definition) is 4. The van der Waals surface area contributed by atoms with E-state index in [1.165, 1.54) is 18.2 Å². The van der Waals surface area contributed by atoms with Crippen LogP contribution in [0.4, 0.5) is 4.39 Å². The molecule has 0 saturated carbocycles. The molecule has 1 aliphatic rings. The van der Waals surface area contributed by atoms with E-state index in [0.29, 0.717) is 24.5 Å². The number of benzene rings is 1. The van der Waals surface area contributed by atoms with Crippen molar-refractivity contribution < 1.29 is 18.7 Å². The van der Waals surface area contributed by atoms with Gasteiger partial charge in [0.1, 0.15) is 11.6 Å². The summed E-state index contributed by atoms with van der Waals surface area (Å²) in [6.45, 7) is 2.96. The van der Waals surface area contributed by atoms with Crippen molar-refractivity contribution in [3.05, 3.63) is 29.6 Å². The van der Waals surface area contributed by atoms with E-state index < -0.39 is 0 Å². The number of rotatable bonds is 5. The molecule has 0 unspecified atom stereocenters. The molecule has 1 amide bonds. The highest BCUT2D eigenvalue weighted by Gasteiger charge is 2.17. The van der Waals surface area contributed by atoms with Gasteiger partial charge in [0.15, 0.2) is 6.61 Å². The number of halogens is 1. The van der Waals surface area contributed by atoms with Gasteiger partial charge in [-0.2, -0.15) is 0 Å². The number of nitrogens with one attached hydrogen (secondary N) is 1. The van der Waals surface area contributed by atoms with Gasteiger partial charge < -0.3 is 20.5 Å². The molecule has 0 aliphatic carbocycles. The molecule has 21 heavy (non-hydrogen) atoms. The highest BCUT2D eigenvalue weighted by molar-refractivity contribution is 5.77. The van der Waals surface area contributed by atoms with E-state index in [-0.39, 0.29) is 30.4 Å². The Morgan fingerprint density at radius 2 is 2.24 bits per heavy atom. The first-order valence-electron chi connectivity index (χ1n) is 7.11. The van der Waals surface area contributed by atoms with Crippen LogP contribution in [-0.4, -0.2) is 31.8 Å². The Morgan fingerprint density at radius 1 is 1.52 bits per heavy atom.